The van der Waals surface area contributed by atoms with Crippen LogP contribution in [0.2, 0.25) is 0 Å². The van der Waals surface area contributed by atoms with Crippen molar-refractivity contribution in [1.82, 2.24) is 14.7 Å². The Labute approximate surface area is 81.1 Å². The van der Waals surface area contributed by atoms with Crippen molar-refractivity contribution in [1.29, 1.82) is 0 Å². The average molecular weight is 203 g/mol. The zero-order valence-electron chi connectivity index (χ0n) is 7.33. The highest BCUT2D eigenvalue weighted by Crippen LogP contribution is 2.18. The summed E-state index contributed by atoms with van der Waals surface area (Å²) < 4.78 is 5.18. The lowest BCUT2D eigenvalue weighted by molar-refractivity contribution is 0.768. The molecule has 0 radical (unpaired) electrons. The largest absolute Gasteiger partial charge is 0.316 e. The SMILES string of the molecule is CCNCCSc1nc(C)ns1. The molecule has 0 aromatic carbocycles. The normalized spacial score (nSPS) is 10.5. The highest BCUT2D eigenvalue weighted by atomic mass is 32.2. The molecule has 0 saturated carbocycles. The molecule has 0 saturated heterocycles. The van der Waals surface area contributed by atoms with E-state index < -0.39 is 0 Å². The summed E-state index contributed by atoms with van der Waals surface area (Å²) in [6.07, 6.45) is 0. The molecule has 1 heterocycles. The summed E-state index contributed by atoms with van der Waals surface area (Å²) in [6, 6.07) is 0. The molecule has 0 aliphatic rings. The number of aryl methyl sites for hydroxylation is 1. The number of thioether (sulfide) groups is 1. The summed E-state index contributed by atoms with van der Waals surface area (Å²) >= 11 is 3.25. The lowest BCUT2D eigenvalue weighted by Gasteiger charge is -1.97. The molecular weight excluding hydrogens is 190 g/mol. The highest BCUT2D eigenvalue weighted by molar-refractivity contribution is 8.00. The monoisotopic (exact) mass is 203 g/mol. The van der Waals surface area contributed by atoms with Gasteiger partial charge in [0.1, 0.15) is 5.82 Å². The maximum atomic E-state index is 4.25. The fourth-order valence-electron chi connectivity index (χ4n) is 0.724. The van der Waals surface area contributed by atoms with Crippen LogP contribution >= 0.6 is 23.3 Å². The van der Waals surface area contributed by atoms with E-state index in [2.05, 4.69) is 21.6 Å². The number of nitrogens with zero attached hydrogens (tertiary/aromatic N) is 2. The second kappa shape index (κ2) is 5.50. The molecule has 0 unspecified atom stereocenters. The standard InChI is InChI=1S/C7H13N3S2/c1-3-8-4-5-11-7-9-6(2)10-12-7/h8H,3-5H2,1-2H3. The number of nitrogens with one attached hydrogen (secondary N) is 1. The summed E-state index contributed by atoms with van der Waals surface area (Å²) in [5.41, 5.74) is 0. The summed E-state index contributed by atoms with van der Waals surface area (Å²) in [5.74, 6) is 1.95. The van der Waals surface area contributed by atoms with Crippen molar-refractivity contribution in [2.24, 2.45) is 0 Å². The molecule has 1 aromatic heterocycles. The zero-order valence-corrected chi connectivity index (χ0v) is 8.97. The third-order valence-corrected chi connectivity index (χ3v) is 3.19. The molecule has 12 heavy (non-hydrogen) atoms. The van der Waals surface area contributed by atoms with Crippen LogP contribution in [0.5, 0.6) is 0 Å². The Bertz CT molecular complexity index is 224. The Morgan fingerprint density at radius 3 is 3.00 bits per heavy atom. The van der Waals surface area contributed by atoms with Gasteiger partial charge in [-0.15, -0.1) is 0 Å². The van der Waals surface area contributed by atoms with E-state index in [9.17, 15) is 0 Å². The predicted molar refractivity (Wildman–Crippen MR) is 53.9 cm³/mol. The van der Waals surface area contributed by atoms with E-state index in [1.165, 1.54) is 11.5 Å². The number of rotatable bonds is 5. The van der Waals surface area contributed by atoms with Crippen LogP contribution in [0.25, 0.3) is 0 Å². The molecular formula is C7H13N3S2. The van der Waals surface area contributed by atoms with Crippen molar-refractivity contribution >= 4 is 23.3 Å². The first kappa shape index (κ1) is 9.95. The third-order valence-electron chi connectivity index (χ3n) is 1.26. The van der Waals surface area contributed by atoms with Crippen LogP contribution in [-0.2, 0) is 0 Å². The third kappa shape index (κ3) is 3.51. The van der Waals surface area contributed by atoms with Crippen LogP contribution in [0.3, 0.4) is 0 Å². The first-order chi connectivity index (χ1) is 5.83. The van der Waals surface area contributed by atoms with Gasteiger partial charge in [-0.25, -0.2) is 4.98 Å². The Balaban J connectivity index is 2.15. The molecule has 1 rings (SSSR count). The van der Waals surface area contributed by atoms with Crippen LogP contribution in [0.4, 0.5) is 0 Å². The Hall–Kier alpha value is -0.130. The fourth-order valence-corrected chi connectivity index (χ4v) is 2.34. The maximum Gasteiger partial charge on any atom is 0.170 e. The van der Waals surface area contributed by atoms with Gasteiger partial charge in [0, 0.05) is 12.3 Å². The van der Waals surface area contributed by atoms with Crippen molar-refractivity contribution in [2.45, 2.75) is 18.2 Å². The van der Waals surface area contributed by atoms with E-state index in [0.717, 1.165) is 29.0 Å². The van der Waals surface area contributed by atoms with E-state index in [1.54, 1.807) is 11.8 Å². The number of hydrogen-bond donors (Lipinski definition) is 1. The molecule has 0 atom stereocenters. The quantitative estimate of drug-likeness (QED) is 0.582. The molecule has 68 valence electrons. The molecule has 3 nitrogen and oxygen atoms in total. The van der Waals surface area contributed by atoms with E-state index in [-0.39, 0.29) is 0 Å². The van der Waals surface area contributed by atoms with Gasteiger partial charge >= 0.3 is 0 Å². The topological polar surface area (TPSA) is 37.8 Å². The van der Waals surface area contributed by atoms with Gasteiger partial charge in [0.15, 0.2) is 4.34 Å². The Morgan fingerprint density at radius 2 is 2.42 bits per heavy atom. The van der Waals surface area contributed by atoms with E-state index in [4.69, 9.17) is 0 Å². The van der Waals surface area contributed by atoms with Crippen molar-refractivity contribution < 1.29 is 0 Å². The van der Waals surface area contributed by atoms with Crippen LogP contribution < -0.4 is 5.32 Å². The number of hydrogen-bond acceptors (Lipinski definition) is 5. The summed E-state index contributed by atoms with van der Waals surface area (Å²) in [5, 5.41) is 3.26. The van der Waals surface area contributed by atoms with Crippen molar-refractivity contribution in [3.05, 3.63) is 5.82 Å². The lowest BCUT2D eigenvalue weighted by Crippen LogP contribution is -2.15. The minimum atomic E-state index is 0.881. The van der Waals surface area contributed by atoms with Gasteiger partial charge in [-0.2, -0.15) is 4.37 Å². The molecule has 0 spiro atoms. The molecule has 0 amide bonds. The second-order valence-corrected chi connectivity index (χ2v) is 4.40. The molecule has 1 aromatic rings. The molecule has 0 aliphatic carbocycles. The Kier molecular flexibility index (Phi) is 4.57. The smallest absolute Gasteiger partial charge is 0.170 e. The molecule has 5 heteroatoms. The fraction of sp³-hybridized carbons (Fsp3) is 0.714. The summed E-state index contributed by atoms with van der Waals surface area (Å²) in [4.78, 5) is 4.25. The maximum absolute atomic E-state index is 4.25. The van der Waals surface area contributed by atoms with Crippen LogP contribution in [0, 0.1) is 6.92 Å². The van der Waals surface area contributed by atoms with Gasteiger partial charge in [0.2, 0.25) is 0 Å². The zero-order chi connectivity index (χ0) is 8.81. The summed E-state index contributed by atoms with van der Waals surface area (Å²) in [6.45, 7) is 6.11. The van der Waals surface area contributed by atoms with Gasteiger partial charge in [-0.3, -0.25) is 0 Å². The molecule has 0 fully saturated rings. The predicted octanol–water partition coefficient (Wildman–Crippen LogP) is 1.55. The summed E-state index contributed by atoms with van der Waals surface area (Å²) in [7, 11) is 0. The molecule has 0 bridgehead atoms. The van der Waals surface area contributed by atoms with E-state index in [0.29, 0.717) is 0 Å². The van der Waals surface area contributed by atoms with Gasteiger partial charge in [0.05, 0.1) is 0 Å². The molecule has 0 aliphatic heterocycles. The first-order valence-electron chi connectivity index (χ1n) is 3.96. The van der Waals surface area contributed by atoms with Gasteiger partial charge in [-0.1, -0.05) is 18.7 Å². The first-order valence-corrected chi connectivity index (χ1v) is 5.72. The van der Waals surface area contributed by atoms with Crippen LogP contribution in [-0.4, -0.2) is 28.2 Å². The van der Waals surface area contributed by atoms with Gasteiger partial charge in [-0.05, 0) is 25.0 Å². The van der Waals surface area contributed by atoms with Crippen molar-refractivity contribution in [2.75, 3.05) is 18.8 Å². The molecule has 1 N–H and O–H groups in total. The van der Waals surface area contributed by atoms with E-state index in [1.807, 2.05) is 6.92 Å². The van der Waals surface area contributed by atoms with Crippen molar-refractivity contribution in [3.8, 4) is 0 Å². The highest BCUT2D eigenvalue weighted by Gasteiger charge is 1.99. The van der Waals surface area contributed by atoms with Crippen LogP contribution in [0.1, 0.15) is 12.7 Å². The minimum absolute atomic E-state index is 0.881. The van der Waals surface area contributed by atoms with Gasteiger partial charge in [0.25, 0.3) is 0 Å². The second-order valence-electron chi connectivity index (χ2n) is 2.31. The van der Waals surface area contributed by atoms with Gasteiger partial charge < -0.3 is 5.32 Å². The lowest BCUT2D eigenvalue weighted by atomic mass is 10.7. The van der Waals surface area contributed by atoms with Crippen LogP contribution in [0.15, 0.2) is 4.34 Å². The average Bonchev–Trinajstić information content (AvgIpc) is 2.45. The number of aromatic nitrogens is 2. The van der Waals surface area contributed by atoms with E-state index >= 15 is 0 Å². The van der Waals surface area contributed by atoms with Crippen molar-refractivity contribution in [3.63, 3.8) is 0 Å². The minimum Gasteiger partial charge on any atom is -0.316 e. The Morgan fingerprint density at radius 1 is 1.58 bits per heavy atom.